The lowest BCUT2D eigenvalue weighted by Gasteiger charge is -2.08. The Morgan fingerprint density at radius 3 is 2.57 bits per heavy atom. The Balaban J connectivity index is 1.91. The highest BCUT2D eigenvalue weighted by atomic mass is 35.5. The van der Waals surface area contributed by atoms with Crippen LogP contribution in [0.15, 0.2) is 47.4 Å². The van der Waals surface area contributed by atoms with Crippen molar-refractivity contribution in [2.75, 3.05) is 18.2 Å². The van der Waals surface area contributed by atoms with Crippen LogP contribution in [0.5, 0.6) is 5.75 Å². The summed E-state index contributed by atoms with van der Waals surface area (Å²) >= 11 is 13.4. The lowest BCUT2D eigenvalue weighted by atomic mass is 10.3. The smallest absolute Gasteiger partial charge is 0.234 e. The summed E-state index contributed by atoms with van der Waals surface area (Å²) in [6.45, 7) is 0. The predicted molar refractivity (Wildman–Crippen MR) is 88.8 cm³/mol. The van der Waals surface area contributed by atoms with Crippen LogP contribution in [0.3, 0.4) is 0 Å². The zero-order valence-electron chi connectivity index (χ0n) is 11.2. The minimum Gasteiger partial charge on any atom is -0.497 e. The normalized spacial score (nSPS) is 10.2. The van der Waals surface area contributed by atoms with E-state index in [1.54, 1.807) is 25.3 Å². The van der Waals surface area contributed by atoms with Crippen LogP contribution in [-0.2, 0) is 4.79 Å². The van der Waals surface area contributed by atoms with Crippen LogP contribution in [0.1, 0.15) is 0 Å². The Labute approximate surface area is 137 Å². The molecule has 0 bridgehead atoms. The molecule has 0 fully saturated rings. The van der Waals surface area contributed by atoms with Crippen molar-refractivity contribution in [3.05, 3.63) is 52.5 Å². The Bertz CT molecular complexity index is 632. The van der Waals surface area contributed by atoms with Gasteiger partial charge in [-0.05, 0) is 36.4 Å². The maximum atomic E-state index is 11.9. The summed E-state index contributed by atoms with van der Waals surface area (Å²) in [5.41, 5.74) is 0.518. The van der Waals surface area contributed by atoms with E-state index in [0.29, 0.717) is 15.7 Å². The van der Waals surface area contributed by atoms with Crippen LogP contribution >= 0.6 is 35.0 Å². The van der Waals surface area contributed by atoms with E-state index in [0.717, 1.165) is 10.6 Å². The van der Waals surface area contributed by atoms with Crippen LogP contribution in [-0.4, -0.2) is 18.8 Å². The summed E-state index contributed by atoms with van der Waals surface area (Å²) in [6, 6.07) is 12.6. The molecule has 2 aromatic carbocycles. The summed E-state index contributed by atoms with van der Waals surface area (Å²) in [7, 11) is 1.62. The summed E-state index contributed by atoms with van der Waals surface area (Å²) in [5, 5.41) is 3.51. The van der Waals surface area contributed by atoms with Crippen LogP contribution < -0.4 is 10.1 Å². The van der Waals surface area contributed by atoms with Gasteiger partial charge in [0.15, 0.2) is 0 Å². The van der Waals surface area contributed by atoms with E-state index >= 15 is 0 Å². The van der Waals surface area contributed by atoms with Crippen molar-refractivity contribution in [1.82, 2.24) is 0 Å². The molecule has 0 radical (unpaired) electrons. The number of thioether (sulfide) groups is 1. The van der Waals surface area contributed by atoms with Gasteiger partial charge in [-0.1, -0.05) is 29.3 Å². The molecule has 0 saturated carbocycles. The van der Waals surface area contributed by atoms with Crippen molar-refractivity contribution in [2.24, 2.45) is 0 Å². The Morgan fingerprint density at radius 2 is 1.90 bits per heavy atom. The molecule has 6 heteroatoms. The van der Waals surface area contributed by atoms with Gasteiger partial charge in [-0.3, -0.25) is 4.79 Å². The molecule has 110 valence electrons. The third-order valence-corrected chi connectivity index (χ3v) is 4.49. The van der Waals surface area contributed by atoms with Gasteiger partial charge in [0.25, 0.3) is 0 Å². The first-order valence-electron chi connectivity index (χ1n) is 6.11. The van der Waals surface area contributed by atoms with E-state index < -0.39 is 0 Å². The first kappa shape index (κ1) is 16.0. The predicted octanol–water partition coefficient (Wildman–Crippen LogP) is 4.73. The van der Waals surface area contributed by atoms with Crippen molar-refractivity contribution >= 4 is 46.6 Å². The first-order valence-corrected chi connectivity index (χ1v) is 7.85. The minimum atomic E-state index is -0.139. The van der Waals surface area contributed by atoms with Crippen molar-refractivity contribution in [1.29, 1.82) is 0 Å². The Kier molecular flexibility index (Phi) is 5.79. The second-order valence-electron chi connectivity index (χ2n) is 4.11. The molecule has 0 aliphatic heterocycles. The Hall–Kier alpha value is -1.36. The fourth-order valence-corrected chi connectivity index (χ4v) is 2.65. The molecule has 0 unspecified atom stereocenters. The summed E-state index contributed by atoms with van der Waals surface area (Å²) < 4.78 is 5.08. The van der Waals surface area contributed by atoms with Gasteiger partial charge >= 0.3 is 0 Å². The average molecular weight is 342 g/mol. The SMILES string of the molecule is COc1ccc(SCC(=O)Nc2cccc(Cl)c2Cl)cc1. The second-order valence-corrected chi connectivity index (χ2v) is 5.95. The number of carbonyl (C=O) groups excluding carboxylic acids is 1. The molecule has 0 saturated heterocycles. The number of benzene rings is 2. The van der Waals surface area contributed by atoms with E-state index in [2.05, 4.69) is 5.32 Å². The highest BCUT2D eigenvalue weighted by Crippen LogP contribution is 2.30. The number of nitrogens with one attached hydrogen (secondary N) is 1. The first-order chi connectivity index (χ1) is 10.1. The molecule has 3 nitrogen and oxygen atoms in total. The zero-order chi connectivity index (χ0) is 15.2. The Morgan fingerprint density at radius 1 is 1.19 bits per heavy atom. The van der Waals surface area contributed by atoms with Crippen molar-refractivity contribution in [3.63, 3.8) is 0 Å². The molecular formula is C15H13Cl2NO2S. The number of halogens is 2. The number of methoxy groups -OCH3 is 1. The number of carbonyl (C=O) groups is 1. The summed E-state index contributed by atoms with van der Waals surface area (Å²) in [4.78, 5) is 12.9. The monoisotopic (exact) mass is 341 g/mol. The number of rotatable bonds is 5. The molecule has 0 aliphatic carbocycles. The van der Waals surface area contributed by atoms with Gasteiger partial charge in [-0.2, -0.15) is 0 Å². The third-order valence-electron chi connectivity index (χ3n) is 2.66. The fraction of sp³-hybridized carbons (Fsp3) is 0.133. The molecule has 1 amide bonds. The van der Waals surface area contributed by atoms with Gasteiger partial charge in [0, 0.05) is 4.90 Å². The van der Waals surface area contributed by atoms with Gasteiger partial charge in [0.2, 0.25) is 5.91 Å². The third kappa shape index (κ3) is 4.56. The van der Waals surface area contributed by atoms with Gasteiger partial charge in [0.1, 0.15) is 5.75 Å². The average Bonchev–Trinajstić information content (AvgIpc) is 2.50. The maximum Gasteiger partial charge on any atom is 0.234 e. The highest BCUT2D eigenvalue weighted by Gasteiger charge is 2.08. The number of ether oxygens (including phenoxy) is 1. The zero-order valence-corrected chi connectivity index (χ0v) is 13.6. The number of hydrogen-bond donors (Lipinski definition) is 1. The van der Waals surface area contributed by atoms with Crippen LogP contribution in [0.4, 0.5) is 5.69 Å². The second kappa shape index (κ2) is 7.59. The molecule has 2 aromatic rings. The number of amides is 1. The van der Waals surface area contributed by atoms with Crippen molar-refractivity contribution < 1.29 is 9.53 Å². The van der Waals surface area contributed by atoms with Crippen LogP contribution in [0.2, 0.25) is 10.0 Å². The van der Waals surface area contributed by atoms with E-state index in [1.165, 1.54) is 11.8 Å². The standard InChI is InChI=1S/C15H13Cl2NO2S/c1-20-10-5-7-11(8-6-10)21-9-14(19)18-13-4-2-3-12(16)15(13)17/h2-8H,9H2,1H3,(H,18,19). The molecule has 2 rings (SSSR count). The van der Waals surface area contributed by atoms with Gasteiger partial charge in [-0.15, -0.1) is 11.8 Å². The quantitative estimate of drug-likeness (QED) is 0.798. The van der Waals surface area contributed by atoms with Crippen molar-refractivity contribution in [2.45, 2.75) is 4.90 Å². The molecule has 0 spiro atoms. The van der Waals surface area contributed by atoms with E-state index in [9.17, 15) is 4.79 Å². The minimum absolute atomic E-state index is 0.139. The number of hydrogen-bond acceptors (Lipinski definition) is 3. The molecule has 0 heterocycles. The molecule has 0 aromatic heterocycles. The van der Waals surface area contributed by atoms with E-state index in [4.69, 9.17) is 27.9 Å². The van der Waals surface area contributed by atoms with E-state index in [-0.39, 0.29) is 11.7 Å². The largest absolute Gasteiger partial charge is 0.497 e. The van der Waals surface area contributed by atoms with Gasteiger partial charge in [-0.25, -0.2) is 0 Å². The van der Waals surface area contributed by atoms with Crippen LogP contribution in [0, 0.1) is 0 Å². The summed E-state index contributed by atoms with van der Waals surface area (Å²) in [5.74, 6) is 0.935. The maximum absolute atomic E-state index is 11.9. The molecule has 21 heavy (non-hydrogen) atoms. The molecule has 0 atom stereocenters. The molecule has 0 aliphatic rings. The topological polar surface area (TPSA) is 38.3 Å². The van der Waals surface area contributed by atoms with Gasteiger partial charge < -0.3 is 10.1 Å². The van der Waals surface area contributed by atoms with E-state index in [1.807, 2.05) is 24.3 Å². The lowest BCUT2D eigenvalue weighted by Crippen LogP contribution is -2.14. The summed E-state index contributed by atoms with van der Waals surface area (Å²) in [6.07, 6.45) is 0. The molecule has 1 N–H and O–H groups in total. The molecular weight excluding hydrogens is 329 g/mol. The van der Waals surface area contributed by atoms with Gasteiger partial charge in [0.05, 0.1) is 28.6 Å². The highest BCUT2D eigenvalue weighted by molar-refractivity contribution is 8.00. The van der Waals surface area contributed by atoms with Crippen molar-refractivity contribution in [3.8, 4) is 5.75 Å². The lowest BCUT2D eigenvalue weighted by molar-refractivity contribution is -0.113. The number of anilines is 1. The fourth-order valence-electron chi connectivity index (χ4n) is 1.61. The van der Waals surface area contributed by atoms with Crippen LogP contribution in [0.25, 0.3) is 0 Å².